The number of carbonyl (C=O) groups excluding carboxylic acids is 2. The lowest BCUT2D eigenvalue weighted by atomic mass is 9.77. The predicted octanol–water partition coefficient (Wildman–Crippen LogP) is 12.8. The van der Waals surface area contributed by atoms with Crippen molar-refractivity contribution in [3.05, 3.63) is 249 Å². The Hall–Kier alpha value is -12.5. The summed E-state index contributed by atoms with van der Waals surface area (Å²) in [5.74, 6) is 5.02. The fraction of sp³-hybridized carbons (Fsp3) is 0.423. The molecule has 31 heteroatoms. The standard InChI is InChI=1S/C33H37N7O4.C32H35N7O4.C32H37N7O2/c1-3-17-39-31(42)26-18-34-32(37-29(26)40(39)28-6-4-5-27(36-28)33(43)19-44-20-33)35-24-13-9-21(10-14-24)22-11-15-25(16-12-22)38(2)30(41)23-7-8-23;1-2-16-38-30(41)25-18-33-31(36-29(25)39(38)27-6-3-5-26(35-27)32(42)19-43-20-32)34-23-12-8-21(9-13-23)22-10-14-24(15-11-22)37-17-4-7-28(37)40;1-2-18-38-30(40)26-21-33-31(36-29(26)39(38)28-7-3-6-27(35-28)32(41)16-4-17-32)34-24-12-8-22(9-13-24)23-10-14-25(15-11-23)37-19-5-20-37/h3-6,9-10,13-14,18,22-23,25,43H,1,7-8,11-12,15-17,19-20H2,2H3,(H,34,35,37);2-3,5-6,8-9,12-13,18,22,24,42H,1,4,7,10-11,14-17,19-20H2,(H,33,34,36);2-3,6-9,12-13,21,23,25,41H,1,4-5,10-11,14-20H2,(H,33,34,36). The van der Waals surface area contributed by atoms with Gasteiger partial charge in [0.15, 0.2) is 45.6 Å². The van der Waals surface area contributed by atoms with Crippen molar-refractivity contribution < 1.29 is 34.4 Å². The van der Waals surface area contributed by atoms with E-state index in [9.17, 15) is 39.3 Å². The van der Waals surface area contributed by atoms with Crippen LogP contribution < -0.4 is 32.6 Å². The van der Waals surface area contributed by atoms with Crippen LogP contribution in [0.25, 0.3) is 50.6 Å². The maximum absolute atomic E-state index is 13.3. The van der Waals surface area contributed by atoms with Gasteiger partial charge in [-0.05, 0) is 242 Å². The minimum Gasteiger partial charge on any atom is -0.384 e. The van der Waals surface area contributed by atoms with Crippen LogP contribution in [0.5, 0.6) is 0 Å². The van der Waals surface area contributed by atoms with Gasteiger partial charge in [0.05, 0.1) is 63.1 Å². The molecule has 13 heterocycles. The number of nitrogens with zero attached hydrogens (tertiary/aromatic N) is 18. The number of allylic oxidation sites excluding steroid dienone is 3. The molecule has 4 saturated heterocycles. The van der Waals surface area contributed by atoms with Gasteiger partial charge in [0.1, 0.15) is 21.8 Å². The van der Waals surface area contributed by atoms with Crippen LogP contribution in [0.1, 0.15) is 180 Å². The first-order chi connectivity index (χ1) is 62.3. The number of hydrogen-bond donors (Lipinski definition) is 6. The fourth-order valence-electron chi connectivity index (χ4n) is 19.6. The van der Waals surface area contributed by atoms with Crippen molar-refractivity contribution in [1.82, 2.24) is 87.6 Å². The van der Waals surface area contributed by atoms with Gasteiger partial charge in [-0.3, -0.25) is 24.0 Å². The summed E-state index contributed by atoms with van der Waals surface area (Å²) in [6.45, 7) is 16.4. The SMILES string of the molecule is C=CCn1c(=O)c2cnc(Nc3ccc(C4CCC(N(C)C(=O)C5CC5)CC4)cc3)nc2n1-c1cccc(C2(O)COC2)n1.C=CCn1c(=O)c2cnc(Nc3ccc(C4CCC(N5CCC5)CC4)cc3)nc2n1-c1cccc(C2(O)CCC2)n1.C=CCn1c(=O)c2cnc(Nc3ccc(C4CCC(N5CCCC5=O)CC4)cc3)nc2n1-c1cccc(C2(O)COC2)n1. The molecule has 6 N–H and O–H groups in total. The number of carbonyl (C=O) groups is 2. The van der Waals surface area contributed by atoms with Crippen LogP contribution in [0.15, 0.2) is 198 Å². The molecule has 0 unspecified atom stereocenters. The number of pyridine rings is 3. The number of hydrogen-bond acceptors (Lipinski definition) is 23. The lowest BCUT2D eigenvalue weighted by Gasteiger charge is -2.42. The first-order valence-corrected chi connectivity index (χ1v) is 45.3. The number of amides is 2. The summed E-state index contributed by atoms with van der Waals surface area (Å²) in [6.07, 6.45) is 30.6. The highest BCUT2D eigenvalue weighted by Crippen LogP contribution is 2.44. The van der Waals surface area contributed by atoms with E-state index in [0.717, 1.165) is 107 Å². The lowest BCUT2D eigenvalue weighted by Crippen LogP contribution is -2.47. The largest absolute Gasteiger partial charge is 0.384 e. The van der Waals surface area contributed by atoms with Gasteiger partial charge in [0, 0.05) is 79.7 Å². The maximum Gasteiger partial charge on any atom is 0.278 e. The van der Waals surface area contributed by atoms with Gasteiger partial charge in [-0.25, -0.2) is 58.0 Å². The van der Waals surface area contributed by atoms with Crippen molar-refractivity contribution in [2.45, 2.75) is 201 Å². The first kappa shape index (κ1) is 84.9. The average Bonchev–Trinajstić information content (AvgIpc) is 1.51. The number of aliphatic hydroxyl groups is 3. The number of likely N-dealkylation sites (tertiary alicyclic amines) is 2. The highest BCUT2D eigenvalue weighted by atomic mass is 16.5. The number of anilines is 6. The molecule has 9 aliphatic rings. The molecule has 0 atom stereocenters. The van der Waals surface area contributed by atoms with Crippen LogP contribution in [0.4, 0.5) is 34.9 Å². The molecule has 0 bridgehead atoms. The van der Waals surface area contributed by atoms with Crippen molar-refractivity contribution in [2.75, 3.05) is 69.1 Å². The second-order valence-corrected chi connectivity index (χ2v) is 35.9. The van der Waals surface area contributed by atoms with Gasteiger partial charge >= 0.3 is 0 Å². The van der Waals surface area contributed by atoms with E-state index in [2.05, 4.69) is 119 Å². The van der Waals surface area contributed by atoms with Gasteiger partial charge in [0.25, 0.3) is 16.7 Å². The summed E-state index contributed by atoms with van der Waals surface area (Å²) in [7, 11) is 1.97. The molecular formula is C97H109N21O10. The smallest absolute Gasteiger partial charge is 0.278 e. The zero-order chi connectivity index (χ0) is 88.0. The van der Waals surface area contributed by atoms with Crippen LogP contribution >= 0.6 is 0 Å². The van der Waals surface area contributed by atoms with E-state index in [1.54, 1.807) is 79.6 Å². The van der Waals surface area contributed by atoms with Gasteiger partial charge in [-0.1, -0.05) is 72.8 Å². The van der Waals surface area contributed by atoms with Crippen molar-refractivity contribution in [2.24, 2.45) is 5.92 Å². The summed E-state index contributed by atoms with van der Waals surface area (Å²) in [6, 6.07) is 43.0. The number of fused-ring (bicyclic) bond motifs is 3. The van der Waals surface area contributed by atoms with E-state index in [-0.39, 0.29) is 68.7 Å². The minimum atomic E-state index is -1.15. The van der Waals surface area contributed by atoms with Crippen molar-refractivity contribution in [3.8, 4) is 17.5 Å². The number of ether oxygens (including phenoxy) is 2. The molecule has 662 valence electrons. The monoisotopic (exact) mass is 1730 g/mol. The van der Waals surface area contributed by atoms with E-state index >= 15 is 0 Å². The molecule has 31 nitrogen and oxygen atoms in total. The van der Waals surface area contributed by atoms with Gasteiger partial charge in [0.2, 0.25) is 29.7 Å². The van der Waals surface area contributed by atoms with Crippen LogP contribution in [-0.2, 0) is 55.5 Å². The van der Waals surface area contributed by atoms with Crippen LogP contribution in [-0.4, -0.2) is 186 Å². The molecule has 2 amide bonds. The molecule has 4 aliphatic heterocycles. The summed E-state index contributed by atoms with van der Waals surface area (Å²) >= 11 is 0. The Labute approximate surface area is 739 Å². The Balaban J connectivity index is 0.000000125. The fourth-order valence-corrected chi connectivity index (χ4v) is 19.6. The van der Waals surface area contributed by atoms with Crippen LogP contribution in [0.3, 0.4) is 0 Å². The summed E-state index contributed by atoms with van der Waals surface area (Å²) in [5.41, 5.74) is 5.42. The third kappa shape index (κ3) is 17.0. The third-order valence-electron chi connectivity index (χ3n) is 27.5. The second kappa shape index (κ2) is 36.0. The topological polar surface area (TPSA) is 356 Å². The number of nitrogens with one attached hydrogen (secondary N) is 3. The van der Waals surface area contributed by atoms with Gasteiger partial charge in [-0.2, -0.15) is 15.0 Å². The van der Waals surface area contributed by atoms with Crippen molar-refractivity contribution in [3.63, 3.8) is 0 Å². The maximum atomic E-state index is 13.3. The Morgan fingerprint density at radius 3 is 1.12 bits per heavy atom. The Morgan fingerprint density at radius 1 is 0.445 bits per heavy atom. The molecule has 9 aromatic heterocycles. The van der Waals surface area contributed by atoms with E-state index < -0.39 is 16.8 Å². The number of rotatable bonds is 25. The summed E-state index contributed by atoms with van der Waals surface area (Å²) < 4.78 is 20.0. The minimum absolute atomic E-state index is 0.171. The van der Waals surface area contributed by atoms with Crippen molar-refractivity contribution in [1.29, 1.82) is 0 Å². The number of aromatic nitrogens is 15. The summed E-state index contributed by atoms with van der Waals surface area (Å²) in [5, 5.41) is 43.5. The lowest BCUT2D eigenvalue weighted by molar-refractivity contribution is -0.186. The highest BCUT2D eigenvalue weighted by molar-refractivity contribution is 5.82. The predicted molar refractivity (Wildman–Crippen MR) is 487 cm³/mol. The van der Waals surface area contributed by atoms with Gasteiger partial charge < -0.3 is 55.4 Å². The zero-order valence-electron chi connectivity index (χ0n) is 72.2. The molecule has 0 radical (unpaired) electrons. The zero-order valence-corrected chi connectivity index (χ0v) is 72.2. The van der Waals surface area contributed by atoms with Crippen LogP contribution in [0.2, 0.25) is 0 Å². The second-order valence-electron chi connectivity index (χ2n) is 35.9. The summed E-state index contributed by atoms with van der Waals surface area (Å²) in [4.78, 5) is 113. The first-order valence-electron chi connectivity index (χ1n) is 45.3. The number of benzene rings is 3. The molecule has 128 heavy (non-hydrogen) atoms. The molecule has 5 aliphatic carbocycles. The van der Waals surface area contributed by atoms with E-state index in [1.807, 2.05) is 54.4 Å². The van der Waals surface area contributed by atoms with Gasteiger partial charge in [-0.15, -0.1) is 19.7 Å². The third-order valence-corrected chi connectivity index (χ3v) is 27.5. The molecule has 0 spiro atoms. The highest BCUT2D eigenvalue weighted by Gasteiger charge is 2.43. The van der Waals surface area contributed by atoms with E-state index in [1.165, 1.54) is 83.6 Å². The molecule has 21 rings (SSSR count). The normalized spacial score (nSPS) is 21.6. The molecule has 5 saturated carbocycles. The van der Waals surface area contributed by atoms with E-state index in [0.29, 0.717) is 146 Å². The quantitative estimate of drug-likeness (QED) is 0.0289. The molecular weight excluding hydrogens is 1620 g/mol. The molecule has 9 fully saturated rings. The molecule has 3 aromatic carbocycles. The average molecular weight is 1730 g/mol. The Kier molecular flexibility index (Phi) is 23.9. The Morgan fingerprint density at radius 2 is 0.812 bits per heavy atom. The molecule has 12 aromatic rings. The van der Waals surface area contributed by atoms with Crippen LogP contribution in [0, 0.1) is 5.92 Å². The van der Waals surface area contributed by atoms with Crippen molar-refractivity contribution >= 4 is 79.8 Å². The van der Waals surface area contributed by atoms with E-state index in [4.69, 9.17) is 29.4 Å². The Bertz CT molecular complexity index is 6330.